The van der Waals surface area contributed by atoms with Gasteiger partial charge in [0.05, 0.1) is 36.9 Å². The molecule has 1 heterocycles. The summed E-state index contributed by atoms with van der Waals surface area (Å²) in [7, 11) is 1.34. The fourth-order valence-electron chi connectivity index (χ4n) is 1.90. The molecule has 1 aromatic carbocycles. The van der Waals surface area contributed by atoms with Gasteiger partial charge in [-0.25, -0.2) is 0 Å². The van der Waals surface area contributed by atoms with E-state index in [-0.39, 0.29) is 30.1 Å². The van der Waals surface area contributed by atoms with Gasteiger partial charge in [0.1, 0.15) is 11.5 Å². The monoisotopic (exact) mass is 333 g/mol. The van der Waals surface area contributed by atoms with Gasteiger partial charge in [0.25, 0.3) is 11.6 Å². The average Bonchev–Trinajstić information content (AvgIpc) is 3.10. The quantitative estimate of drug-likeness (QED) is 0.580. The van der Waals surface area contributed by atoms with Crippen molar-refractivity contribution in [1.82, 2.24) is 10.6 Å². The highest BCUT2D eigenvalue weighted by atomic mass is 16.6. The Bertz CT molecular complexity index is 742. The summed E-state index contributed by atoms with van der Waals surface area (Å²) in [5.74, 6) is -0.322. The van der Waals surface area contributed by atoms with Crippen molar-refractivity contribution >= 4 is 17.5 Å². The van der Waals surface area contributed by atoms with Crippen LogP contribution in [0.25, 0.3) is 0 Å². The van der Waals surface area contributed by atoms with Gasteiger partial charge in [0.15, 0.2) is 0 Å². The van der Waals surface area contributed by atoms with E-state index < -0.39 is 16.7 Å². The van der Waals surface area contributed by atoms with Gasteiger partial charge in [0.2, 0.25) is 5.91 Å². The number of nitro groups is 1. The molecule has 0 atom stereocenters. The predicted octanol–water partition coefficient (Wildman–Crippen LogP) is 1.24. The Balaban J connectivity index is 1.95. The fraction of sp³-hybridized carbons (Fsp3) is 0.200. The van der Waals surface area contributed by atoms with Crippen LogP contribution in [0.1, 0.15) is 16.1 Å². The van der Waals surface area contributed by atoms with E-state index >= 15 is 0 Å². The highest BCUT2D eigenvalue weighted by Crippen LogP contribution is 2.23. The zero-order valence-electron chi connectivity index (χ0n) is 12.8. The first kappa shape index (κ1) is 17.0. The van der Waals surface area contributed by atoms with Crippen LogP contribution in [0.2, 0.25) is 0 Å². The molecule has 24 heavy (non-hydrogen) atoms. The lowest BCUT2D eigenvalue weighted by molar-refractivity contribution is -0.384. The minimum absolute atomic E-state index is 0.0227. The summed E-state index contributed by atoms with van der Waals surface area (Å²) in [6.45, 7) is -0.0901. The van der Waals surface area contributed by atoms with Gasteiger partial charge < -0.3 is 19.8 Å². The maximum absolute atomic E-state index is 12.1. The molecule has 2 aromatic rings. The standard InChI is InChI=1S/C15H15N3O6/c1-23-13-5-4-10(18(21)22)7-12(13)15(20)17-9-14(19)16-8-11-3-2-6-24-11/h2-7H,8-9H2,1H3,(H,16,19)(H,17,20). The van der Waals surface area contributed by atoms with E-state index in [0.717, 1.165) is 6.07 Å². The van der Waals surface area contributed by atoms with Crippen molar-refractivity contribution in [2.24, 2.45) is 0 Å². The van der Waals surface area contributed by atoms with Gasteiger partial charge in [-0.2, -0.15) is 0 Å². The largest absolute Gasteiger partial charge is 0.496 e. The predicted molar refractivity (Wildman–Crippen MR) is 82.5 cm³/mol. The van der Waals surface area contributed by atoms with Crippen LogP contribution >= 0.6 is 0 Å². The minimum atomic E-state index is -0.649. The summed E-state index contributed by atoms with van der Waals surface area (Å²) in [4.78, 5) is 34.0. The van der Waals surface area contributed by atoms with Crippen molar-refractivity contribution in [1.29, 1.82) is 0 Å². The number of nitrogens with one attached hydrogen (secondary N) is 2. The molecular formula is C15H15N3O6. The molecule has 126 valence electrons. The van der Waals surface area contributed by atoms with Crippen LogP contribution in [0.5, 0.6) is 5.75 Å². The average molecular weight is 333 g/mol. The Labute approximate surface area is 136 Å². The number of benzene rings is 1. The number of nitrogens with zero attached hydrogens (tertiary/aromatic N) is 1. The van der Waals surface area contributed by atoms with Crippen molar-refractivity contribution in [3.8, 4) is 5.75 Å². The van der Waals surface area contributed by atoms with E-state index in [1.165, 1.54) is 25.5 Å². The number of ether oxygens (including phenoxy) is 1. The number of carbonyl (C=O) groups is 2. The second-order valence-corrected chi connectivity index (χ2v) is 4.68. The Hall–Kier alpha value is -3.36. The number of non-ortho nitro benzene ring substituents is 1. The molecule has 0 bridgehead atoms. The maximum Gasteiger partial charge on any atom is 0.270 e. The smallest absolute Gasteiger partial charge is 0.270 e. The molecule has 0 aliphatic heterocycles. The summed E-state index contributed by atoms with van der Waals surface area (Å²) in [6, 6.07) is 7.04. The van der Waals surface area contributed by atoms with Gasteiger partial charge in [0, 0.05) is 12.1 Å². The van der Waals surface area contributed by atoms with Crippen LogP contribution < -0.4 is 15.4 Å². The summed E-state index contributed by atoms with van der Waals surface area (Å²) in [5.41, 5.74) is -0.270. The number of amides is 2. The summed E-state index contributed by atoms with van der Waals surface area (Å²) in [5, 5.41) is 15.7. The Morgan fingerprint density at radius 1 is 1.29 bits per heavy atom. The van der Waals surface area contributed by atoms with Crippen LogP contribution in [0, 0.1) is 10.1 Å². The van der Waals surface area contributed by atoms with Gasteiger partial charge in [-0.1, -0.05) is 0 Å². The molecule has 2 amide bonds. The summed E-state index contributed by atoms with van der Waals surface area (Å²) >= 11 is 0. The Kier molecular flexibility index (Phi) is 5.50. The van der Waals surface area contributed by atoms with Gasteiger partial charge in [-0.15, -0.1) is 0 Å². The van der Waals surface area contributed by atoms with Gasteiger partial charge in [-0.3, -0.25) is 19.7 Å². The number of carbonyl (C=O) groups excluding carboxylic acids is 2. The van der Waals surface area contributed by atoms with Gasteiger partial charge in [-0.05, 0) is 18.2 Å². The van der Waals surface area contributed by atoms with Crippen LogP contribution in [0.4, 0.5) is 5.69 Å². The molecule has 2 rings (SSSR count). The van der Waals surface area contributed by atoms with Crippen molar-refractivity contribution in [3.05, 3.63) is 58.0 Å². The van der Waals surface area contributed by atoms with E-state index in [9.17, 15) is 19.7 Å². The Morgan fingerprint density at radius 3 is 2.71 bits per heavy atom. The first-order chi connectivity index (χ1) is 11.5. The van der Waals surface area contributed by atoms with Crippen molar-refractivity contribution < 1.29 is 23.7 Å². The topological polar surface area (TPSA) is 124 Å². The van der Waals surface area contributed by atoms with E-state index in [2.05, 4.69) is 10.6 Å². The molecule has 0 radical (unpaired) electrons. The lowest BCUT2D eigenvalue weighted by Gasteiger charge is -2.09. The molecule has 2 N–H and O–H groups in total. The van der Waals surface area contributed by atoms with E-state index in [0.29, 0.717) is 5.76 Å². The number of hydrogen-bond acceptors (Lipinski definition) is 6. The second-order valence-electron chi connectivity index (χ2n) is 4.68. The SMILES string of the molecule is COc1ccc([N+](=O)[O-])cc1C(=O)NCC(=O)NCc1ccco1. The summed E-state index contributed by atoms with van der Waals surface area (Å²) in [6.07, 6.45) is 1.48. The van der Waals surface area contributed by atoms with Crippen LogP contribution in [-0.4, -0.2) is 30.4 Å². The lowest BCUT2D eigenvalue weighted by atomic mass is 10.1. The third-order valence-corrected chi connectivity index (χ3v) is 3.09. The van der Waals surface area contributed by atoms with Crippen molar-refractivity contribution in [3.63, 3.8) is 0 Å². The number of furan rings is 1. The molecule has 9 heteroatoms. The zero-order chi connectivity index (χ0) is 17.5. The van der Waals surface area contributed by atoms with Crippen molar-refractivity contribution in [2.75, 3.05) is 13.7 Å². The number of hydrogen-bond donors (Lipinski definition) is 2. The molecule has 0 aliphatic carbocycles. The minimum Gasteiger partial charge on any atom is -0.496 e. The normalized spacial score (nSPS) is 10.0. The number of nitro benzene ring substituents is 1. The molecule has 1 aromatic heterocycles. The zero-order valence-corrected chi connectivity index (χ0v) is 12.8. The van der Waals surface area contributed by atoms with E-state index in [4.69, 9.17) is 9.15 Å². The van der Waals surface area contributed by atoms with Gasteiger partial charge >= 0.3 is 0 Å². The molecule has 0 saturated heterocycles. The Morgan fingerprint density at radius 2 is 2.08 bits per heavy atom. The number of methoxy groups -OCH3 is 1. The molecule has 0 unspecified atom stereocenters. The van der Waals surface area contributed by atoms with E-state index in [1.54, 1.807) is 12.1 Å². The second kappa shape index (κ2) is 7.77. The molecule has 0 aliphatic rings. The lowest BCUT2D eigenvalue weighted by Crippen LogP contribution is -2.36. The van der Waals surface area contributed by atoms with Crippen molar-refractivity contribution in [2.45, 2.75) is 6.54 Å². The van der Waals surface area contributed by atoms with E-state index in [1.807, 2.05) is 0 Å². The first-order valence-electron chi connectivity index (χ1n) is 6.91. The molecule has 0 saturated carbocycles. The molecule has 9 nitrogen and oxygen atoms in total. The van der Waals surface area contributed by atoms with Crippen LogP contribution in [0.15, 0.2) is 41.0 Å². The fourth-order valence-corrected chi connectivity index (χ4v) is 1.90. The molecule has 0 fully saturated rings. The van der Waals surface area contributed by atoms with Crippen LogP contribution in [-0.2, 0) is 11.3 Å². The highest BCUT2D eigenvalue weighted by molar-refractivity contribution is 5.99. The third kappa shape index (κ3) is 4.32. The maximum atomic E-state index is 12.1. The first-order valence-corrected chi connectivity index (χ1v) is 6.91. The third-order valence-electron chi connectivity index (χ3n) is 3.09. The molecular weight excluding hydrogens is 318 g/mol. The number of rotatable bonds is 7. The highest BCUT2D eigenvalue weighted by Gasteiger charge is 2.18. The summed E-state index contributed by atoms with van der Waals surface area (Å²) < 4.78 is 10.1. The van der Waals surface area contributed by atoms with Crippen LogP contribution in [0.3, 0.4) is 0 Å². The molecule has 0 spiro atoms.